The van der Waals surface area contributed by atoms with E-state index in [1.807, 2.05) is 0 Å². The van der Waals surface area contributed by atoms with Crippen molar-refractivity contribution < 1.29 is 18.7 Å². The molecule has 1 aromatic heterocycles. The minimum Gasteiger partial charge on any atom is -0.507 e. The number of carbonyl (C=O) groups excluding carboxylic acids is 1. The molecular weight excluding hydrogens is 376 g/mol. The Morgan fingerprint density at radius 2 is 1.59 bits per heavy atom. The molecule has 7 heteroatoms. The van der Waals surface area contributed by atoms with Crippen LogP contribution in [0, 0.1) is 11.6 Å². The van der Waals surface area contributed by atoms with Gasteiger partial charge in [0.05, 0.1) is 11.4 Å². The van der Waals surface area contributed by atoms with E-state index in [2.05, 4.69) is 15.5 Å². The normalized spacial score (nSPS) is 10.7. The molecule has 0 spiro atoms. The van der Waals surface area contributed by atoms with E-state index in [1.165, 1.54) is 42.5 Å². The highest BCUT2D eigenvalue weighted by atomic mass is 19.1. The fraction of sp³-hybridized carbons (Fsp3) is 0. The van der Waals surface area contributed by atoms with Crippen molar-refractivity contribution in [2.45, 2.75) is 0 Å². The predicted octanol–water partition coefficient (Wildman–Crippen LogP) is 4.98. The zero-order chi connectivity index (χ0) is 20.4. The Hall–Kier alpha value is -4.00. The Morgan fingerprint density at radius 1 is 0.897 bits per heavy atom. The summed E-state index contributed by atoms with van der Waals surface area (Å²) < 4.78 is 26.4. The Bertz CT molecular complexity index is 1170. The van der Waals surface area contributed by atoms with Crippen molar-refractivity contribution in [1.29, 1.82) is 0 Å². The van der Waals surface area contributed by atoms with Gasteiger partial charge in [0, 0.05) is 22.4 Å². The number of rotatable bonds is 4. The Kier molecular flexibility index (Phi) is 4.78. The van der Waals surface area contributed by atoms with Gasteiger partial charge in [0.1, 0.15) is 17.4 Å². The number of phenols is 1. The lowest BCUT2D eigenvalue weighted by molar-refractivity contribution is 0.102. The second-order valence-corrected chi connectivity index (χ2v) is 6.37. The summed E-state index contributed by atoms with van der Waals surface area (Å²) in [6.45, 7) is 0. The van der Waals surface area contributed by atoms with Crippen molar-refractivity contribution in [1.82, 2.24) is 10.2 Å². The second-order valence-electron chi connectivity index (χ2n) is 6.37. The van der Waals surface area contributed by atoms with Crippen molar-refractivity contribution >= 4 is 11.6 Å². The number of nitrogens with one attached hydrogen (secondary N) is 2. The number of aromatic nitrogens is 2. The summed E-state index contributed by atoms with van der Waals surface area (Å²) in [7, 11) is 0. The molecule has 0 aliphatic heterocycles. The molecule has 0 bridgehead atoms. The van der Waals surface area contributed by atoms with Gasteiger partial charge in [-0.05, 0) is 60.7 Å². The minimum atomic E-state index is -0.463. The Labute approximate surface area is 164 Å². The average Bonchev–Trinajstić information content (AvgIpc) is 3.21. The molecule has 0 fully saturated rings. The molecule has 3 N–H and O–H groups in total. The first-order valence-corrected chi connectivity index (χ1v) is 8.71. The molecule has 0 aliphatic rings. The van der Waals surface area contributed by atoms with Crippen molar-refractivity contribution in [3.63, 3.8) is 0 Å². The summed E-state index contributed by atoms with van der Waals surface area (Å²) in [5.74, 6) is -1.27. The van der Waals surface area contributed by atoms with E-state index in [9.17, 15) is 18.7 Å². The molecule has 0 saturated carbocycles. The van der Waals surface area contributed by atoms with E-state index in [-0.39, 0.29) is 11.7 Å². The molecule has 0 saturated heterocycles. The van der Waals surface area contributed by atoms with Crippen molar-refractivity contribution in [3.05, 3.63) is 90.0 Å². The third kappa shape index (κ3) is 3.98. The topological polar surface area (TPSA) is 78.0 Å². The van der Waals surface area contributed by atoms with E-state index < -0.39 is 11.6 Å². The van der Waals surface area contributed by atoms with E-state index >= 15 is 0 Å². The standard InChI is InChI=1S/C22H15F2N3O2/c23-15-5-1-14(2-6-15)22(29)25-17-8-3-13(4-9-17)19-12-20(27-26-19)18-11-16(24)7-10-21(18)28/h1-12,28H,(H,25,29)(H,26,27). The largest absolute Gasteiger partial charge is 0.507 e. The highest BCUT2D eigenvalue weighted by molar-refractivity contribution is 6.04. The number of hydrogen-bond acceptors (Lipinski definition) is 3. The van der Waals surface area contributed by atoms with Gasteiger partial charge in [0.25, 0.3) is 5.91 Å². The maximum absolute atomic E-state index is 13.5. The summed E-state index contributed by atoms with van der Waals surface area (Å²) in [6.07, 6.45) is 0. The number of aromatic amines is 1. The maximum Gasteiger partial charge on any atom is 0.255 e. The van der Waals surface area contributed by atoms with Gasteiger partial charge in [-0.25, -0.2) is 8.78 Å². The van der Waals surface area contributed by atoms with Crippen LogP contribution in [0.15, 0.2) is 72.8 Å². The van der Waals surface area contributed by atoms with Gasteiger partial charge < -0.3 is 10.4 Å². The van der Waals surface area contributed by atoms with Crippen LogP contribution < -0.4 is 5.32 Å². The van der Waals surface area contributed by atoms with Crippen molar-refractivity contribution in [2.24, 2.45) is 0 Å². The summed E-state index contributed by atoms with van der Waals surface area (Å²) in [5, 5.41) is 19.6. The van der Waals surface area contributed by atoms with E-state index in [4.69, 9.17) is 0 Å². The van der Waals surface area contributed by atoms with Crippen molar-refractivity contribution in [3.8, 4) is 28.3 Å². The summed E-state index contributed by atoms with van der Waals surface area (Å²) in [5.41, 5.74) is 3.07. The lowest BCUT2D eigenvalue weighted by atomic mass is 10.1. The van der Waals surface area contributed by atoms with Crippen LogP contribution in [-0.4, -0.2) is 21.2 Å². The van der Waals surface area contributed by atoms with Gasteiger partial charge in [0.2, 0.25) is 0 Å². The quantitative estimate of drug-likeness (QED) is 0.459. The number of carbonyl (C=O) groups is 1. The molecule has 0 unspecified atom stereocenters. The van der Waals surface area contributed by atoms with Crippen LogP contribution in [0.25, 0.3) is 22.5 Å². The summed E-state index contributed by atoms with van der Waals surface area (Å²) in [6, 6.07) is 17.6. The van der Waals surface area contributed by atoms with Gasteiger partial charge >= 0.3 is 0 Å². The van der Waals surface area contributed by atoms with Crippen LogP contribution in [0.3, 0.4) is 0 Å². The highest BCUT2D eigenvalue weighted by Gasteiger charge is 2.11. The fourth-order valence-electron chi connectivity index (χ4n) is 2.86. The summed E-state index contributed by atoms with van der Waals surface area (Å²) >= 11 is 0. The minimum absolute atomic E-state index is 0.0551. The molecule has 0 atom stereocenters. The lowest BCUT2D eigenvalue weighted by Gasteiger charge is -2.06. The van der Waals surface area contributed by atoms with Crippen LogP contribution in [0.1, 0.15) is 10.4 Å². The monoisotopic (exact) mass is 391 g/mol. The van der Waals surface area contributed by atoms with E-state index in [1.54, 1.807) is 30.3 Å². The van der Waals surface area contributed by atoms with Crippen LogP contribution in [0.4, 0.5) is 14.5 Å². The maximum atomic E-state index is 13.5. The Balaban J connectivity index is 1.51. The third-order valence-corrected chi connectivity index (χ3v) is 4.37. The lowest BCUT2D eigenvalue weighted by Crippen LogP contribution is -2.11. The van der Waals surface area contributed by atoms with Gasteiger partial charge in [-0.1, -0.05) is 12.1 Å². The molecule has 0 aliphatic carbocycles. The molecule has 1 amide bonds. The third-order valence-electron chi connectivity index (χ3n) is 4.37. The number of H-pyrrole nitrogens is 1. The molecule has 29 heavy (non-hydrogen) atoms. The molecule has 144 valence electrons. The molecule has 4 aromatic rings. The molecule has 5 nitrogen and oxygen atoms in total. The Morgan fingerprint density at radius 3 is 2.31 bits per heavy atom. The van der Waals surface area contributed by atoms with E-state index in [0.717, 1.165) is 5.56 Å². The smallest absolute Gasteiger partial charge is 0.255 e. The zero-order valence-electron chi connectivity index (χ0n) is 15.0. The number of hydrogen-bond donors (Lipinski definition) is 3. The molecule has 0 radical (unpaired) electrons. The number of halogens is 2. The van der Waals surface area contributed by atoms with Gasteiger partial charge in [-0.3, -0.25) is 9.89 Å². The highest BCUT2D eigenvalue weighted by Crippen LogP contribution is 2.31. The van der Waals surface area contributed by atoms with Crippen LogP contribution >= 0.6 is 0 Å². The molecule has 3 aromatic carbocycles. The van der Waals surface area contributed by atoms with Gasteiger partial charge in [-0.15, -0.1) is 0 Å². The number of aromatic hydroxyl groups is 1. The van der Waals surface area contributed by atoms with Crippen LogP contribution in [-0.2, 0) is 0 Å². The first-order valence-electron chi connectivity index (χ1n) is 8.71. The van der Waals surface area contributed by atoms with E-state index in [0.29, 0.717) is 28.2 Å². The zero-order valence-corrected chi connectivity index (χ0v) is 15.0. The number of phenolic OH excluding ortho intramolecular Hbond substituents is 1. The SMILES string of the molecule is O=C(Nc1ccc(-c2cc(-c3cc(F)ccc3O)[nH]n2)cc1)c1ccc(F)cc1. The number of anilines is 1. The number of amides is 1. The fourth-order valence-corrected chi connectivity index (χ4v) is 2.86. The summed E-state index contributed by atoms with van der Waals surface area (Å²) in [4.78, 5) is 12.2. The predicted molar refractivity (Wildman–Crippen MR) is 105 cm³/mol. The molecule has 4 rings (SSSR count). The van der Waals surface area contributed by atoms with Crippen molar-refractivity contribution in [2.75, 3.05) is 5.32 Å². The van der Waals surface area contributed by atoms with Gasteiger partial charge in [-0.2, -0.15) is 5.10 Å². The average molecular weight is 391 g/mol. The van der Waals surface area contributed by atoms with Gasteiger partial charge in [0.15, 0.2) is 0 Å². The number of nitrogens with zero attached hydrogens (tertiary/aromatic N) is 1. The van der Waals surface area contributed by atoms with Crippen LogP contribution in [0.5, 0.6) is 5.75 Å². The number of benzene rings is 3. The second kappa shape index (κ2) is 7.55. The first kappa shape index (κ1) is 18.4. The first-order chi connectivity index (χ1) is 14.0. The van der Waals surface area contributed by atoms with Crippen LogP contribution in [0.2, 0.25) is 0 Å². The molecular formula is C22H15F2N3O2. The molecule has 1 heterocycles.